The monoisotopic (exact) mass is 555 g/mol. The minimum absolute atomic E-state index is 0. The molecule has 1 saturated heterocycles. The highest BCUT2D eigenvalue weighted by Gasteiger charge is 2.33. The van der Waals surface area contributed by atoms with Gasteiger partial charge >= 0.3 is 6.18 Å². The van der Waals surface area contributed by atoms with E-state index >= 15 is 0 Å². The number of rotatable bonds is 6. The largest absolute Gasteiger partial charge is 0.434 e. The second-order valence-corrected chi connectivity index (χ2v) is 7.50. The third kappa shape index (κ3) is 7.36. The molecule has 0 saturated carbocycles. The summed E-state index contributed by atoms with van der Waals surface area (Å²) in [6.07, 6.45) is -4.42. The van der Waals surface area contributed by atoms with Crippen molar-refractivity contribution in [2.75, 3.05) is 33.4 Å². The van der Waals surface area contributed by atoms with Gasteiger partial charge in [0.2, 0.25) is 0 Å². The Hall–Kier alpha value is -1.44. The summed E-state index contributed by atoms with van der Waals surface area (Å²) in [5, 5.41) is 7.61. The maximum absolute atomic E-state index is 12.7. The Morgan fingerprint density at radius 3 is 2.47 bits per heavy atom. The molecule has 30 heavy (non-hydrogen) atoms. The molecule has 0 unspecified atom stereocenters. The second-order valence-electron chi connectivity index (χ2n) is 6.56. The number of aromatic nitrogens is 1. The highest BCUT2D eigenvalue weighted by atomic mass is 127. The summed E-state index contributed by atoms with van der Waals surface area (Å²) in [5.41, 5.74) is 1.52. The summed E-state index contributed by atoms with van der Waals surface area (Å²) < 4.78 is 43.4. The fraction of sp³-hybridized carbons (Fsp3) is 0.474. The normalized spacial score (nSPS) is 15.5. The molecule has 166 valence electrons. The summed E-state index contributed by atoms with van der Waals surface area (Å²) in [6, 6.07) is 8.18. The highest BCUT2D eigenvalue weighted by Crippen LogP contribution is 2.29. The van der Waals surface area contributed by atoms with Gasteiger partial charge in [-0.25, -0.2) is 4.98 Å². The highest BCUT2D eigenvalue weighted by molar-refractivity contribution is 14.0. The molecule has 1 aliphatic rings. The van der Waals surface area contributed by atoms with E-state index in [-0.39, 0.29) is 30.5 Å². The fourth-order valence-corrected chi connectivity index (χ4v) is 3.71. The van der Waals surface area contributed by atoms with Gasteiger partial charge in [0.25, 0.3) is 0 Å². The Labute approximate surface area is 195 Å². The molecule has 1 aromatic carbocycles. The van der Waals surface area contributed by atoms with Gasteiger partial charge in [0, 0.05) is 38.6 Å². The van der Waals surface area contributed by atoms with Crippen LogP contribution in [-0.4, -0.2) is 49.2 Å². The first kappa shape index (κ1) is 24.8. The molecular weight excluding hydrogens is 530 g/mol. The molecule has 2 N–H and O–H groups in total. The van der Waals surface area contributed by atoms with Crippen LogP contribution in [0.15, 0.2) is 34.6 Å². The average Bonchev–Trinajstić information content (AvgIpc) is 3.20. The van der Waals surface area contributed by atoms with Crippen molar-refractivity contribution in [2.45, 2.75) is 25.8 Å². The number of thiazole rings is 1. The van der Waals surface area contributed by atoms with Crippen molar-refractivity contribution in [3.05, 3.63) is 51.5 Å². The molecular formula is C19H25F3IN5OS. The molecule has 1 aromatic heterocycles. The lowest BCUT2D eigenvalue weighted by atomic mass is 10.1. The van der Waals surface area contributed by atoms with E-state index < -0.39 is 11.9 Å². The van der Waals surface area contributed by atoms with Crippen LogP contribution >= 0.6 is 35.3 Å². The molecule has 0 bridgehead atoms. The summed E-state index contributed by atoms with van der Waals surface area (Å²) >= 11 is 0.973. The Bertz CT molecular complexity index is 824. The van der Waals surface area contributed by atoms with Gasteiger partial charge in [-0.1, -0.05) is 24.3 Å². The molecule has 0 aliphatic carbocycles. The second kappa shape index (κ2) is 11.8. The van der Waals surface area contributed by atoms with Crippen LogP contribution in [0.25, 0.3) is 0 Å². The molecule has 0 amide bonds. The average molecular weight is 555 g/mol. The fourth-order valence-electron chi connectivity index (χ4n) is 2.97. The van der Waals surface area contributed by atoms with Gasteiger partial charge in [0.05, 0.1) is 19.8 Å². The van der Waals surface area contributed by atoms with E-state index in [9.17, 15) is 13.2 Å². The van der Waals surface area contributed by atoms with Crippen LogP contribution in [0.1, 0.15) is 21.8 Å². The lowest BCUT2D eigenvalue weighted by molar-refractivity contribution is -0.140. The van der Waals surface area contributed by atoms with Crippen molar-refractivity contribution < 1.29 is 17.9 Å². The van der Waals surface area contributed by atoms with E-state index in [4.69, 9.17) is 4.74 Å². The van der Waals surface area contributed by atoms with E-state index in [1.807, 2.05) is 12.1 Å². The zero-order valence-electron chi connectivity index (χ0n) is 16.5. The lowest BCUT2D eigenvalue weighted by Crippen LogP contribution is -2.37. The van der Waals surface area contributed by atoms with Crippen molar-refractivity contribution >= 4 is 41.3 Å². The number of benzene rings is 1. The number of nitrogens with one attached hydrogen (secondary N) is 2. The van der Waals surface area contributed by atoms with E-state index in [0.717, 1.165) is 55.1 Å². The number of morpholine rings is 1. The molecule has 2 heterocycles. The number of guanidine groups is 1. The van der Waals surface area contributed by atoms with Crippen LogP contribution < -0.4 is 10.6 Å². The third-order valence-corrected chi connectivity index (χ3v) is 5.38. The molecule has 0 atom stereocenters. The van der Waals surface area contributed by atoms with Crippen LogP contribution in [-0.2, 0) is 30.5 Å². The molecule has 2 aromatic rings. The van der Waals surface area contributed by atoms with Crippen LogP contribution in [0.5, 0.6) is 0 Å². The Morgan fingerprint density at radius 2 is 1.83 bits per heavy atom. The predicted molar refractivity (Wildman–Crippen MR) is 122 cm³/mol. The van der Waals surface area contributed by atoms with E-state index in [2.05, 4.69) is 37.6 Å². The molecule has 0 radical (unpaired) electrons. The Morgan fingerprint density at radius 1 is 1.17 bits per heavy atom. The topological polar surface area (TPSA) is 61.8 Å². The third-order valence-electron chi connectivity index (χ3n) is 4.54. The number of hydrogen-bond donors (Lipinski definition) is 2. The smallest absolute Gasteiger partial charge is 0.379 e. The number of nitrogens with zero attached hydrogens (tertiary/aromatic N) is 3. The quantitative estimate of drug-likeness (QED) is 0.325. The van der Waals surface area contributed by atoms with Crippen molar-refractivity contribution in [2.24, 2.45) is 4.99 Å². The van der Waals surface area contributed by atoms with Crippen molar-refractivity contribution in [1.29, 1.82) is 0 Å². The van der Waals surface area contributed by atoms with Crippen LogP contribution in [0.3, 0.4) is 0 Å². The first-order valence-corrected chi connectivity index (χ1v) is 10.2. The maximum Gasteiger partial charge on any atom is 0.434 e. The molecule has 6 nitrogen and oxygen atoms in total. The minimum Gasteiger partial charge on any atom is -0.379 e. The summed E-state index contributed by atoms with van der Waals surface area (Å²) in [7, 11) is 1.62. The number of alkyl halides is 3. The predicted octanol–water partition coefficient (Wildman–Crippen LogP) is 3.48. The Balaban J connectivity index is 0.00000320. The molecule has 3 rings (SSSR count). The number of aliphatic imine (C=N–C) groups is 1. The Kier molecular flexibility index (Phi) is 9.78. The van der Waals surface area contributed by atoms with Crippen LogP contribution in [0, 0.1) is 0 Å². The molecule has 1 fully saturated rings. The van der Waals surface area contributed by atoms with Crippen molar-refractivity contribution in [1.82, 2.24) is 20.5 Å². The van der Waals surface area contributed by atoms with E-state index in [1.165, 1.54) is 5.56 Å². The SMILES string of the molecule is CN=C(NCc1nc(C(F)(F)F)cs1)NCc1ccccc1CN1CCOCC1.I. The zero-order valence-corrected chi connectivity index (χ0v) is 19.7. The van der Waals surface area contributed by atoms with Gasteiger partial charge in [-0.15, -0.1) is 35.3 Å². The van der Waals surface area contributed by atoms with Crippen molar-refractivity contribution in [3.8, 4) is 0 Å². The summed E-state index contributed by atoms with van der Waals surface area (Å²) in [6.45, 7) is 4.93. The number of hydrogen-bond acceptors (Lipinski definition) is 5. The van der Waals surface area contributed by atoms with Gasteiger partial charge in [-0.05, 0) is 11.1 Å². The first-order chi connectivity index (χ1) is 14.0. The van der Waals surface area contributed by atoms with Gasteiger partial charge < -0.3 is 15.4 Å². The summed E-state index contributed by atoms with van der Waals surface area (Å²) in [4.78, 5) is 10.1. The van der Waals surface area contributed by atoms with Crippen molar-refractivity contribution in [3.63, 3.8) is 0 Å². The summed E-state index contributed by atoms with van der Waals surface area (Å²) in [5.74, 6) is 0.509. The van der Waals surface area contributed by atoms with E-state index in [1.54, 1.807) is 7.05 Å². The van der Waals surface area contributed by atoms with Gasteiger partial charge in [-0.3, -0.25) is 9.89 Å². The van der Waals surface area contributed by atoms with Gasteiger partial charge in [0.1, 0.15) is 5.01 Å². The van der Waals surface area contributed by atoms with E-state index in [0.29, 0.717) is 17.5 Å². The van der Waals surface area contributed by atoms with Crippen LogP contribution in [0.4, 0.5) is 13.2 Å². The zero-order chi connectivity index (χ0) is 20.7. The number of ether oxygens (including phenoxy) is 1. The first-order valence-electron chi connectivity index (χ1n) is 9.28. The minimum atomic E-state index is -4.42. The van der Waals surface area contributed by atoms with Crippen LogP contribution in [0.2, 0.25) is 0 Å². The molecule has 11 heteroatoms. The van der Waals surface area contributed by atoms with Gasteiger partial charge in [0.15, 0.2) is 11.7 Å². The standard InChI is InChI=1S/C19H24F3N5OS.HI/c1-23-18(25-11-17-26-16(13-29-17)19(20,21)22)24-10-14-4-2-3-5-15(14)12-27-6-8-28-9-7-27;/h2-5,13H,6-12H2,1H3,(H2,23,24,25);1H. The molecule has 0 spiro atoms. The lowest BCUT2D eigenvalue weighted by Gasteiger charge is -2.27. The van der Waals surface area contributed by atoms with Gasteiger partial charge in [-0.2, -0.15) is 13.2 Å². The molecule has 1 aliphatic heterocycles. The maximum atomic E-state index is 12.7. The number of halogens is 4.